The molecule has 0 spiro atoms. The molecule has 0 amide bonds. The molecule has 1 fully saturated rings. The Hall–Kier alpha value is -3.08. The van der Waals surface area contributed by atoms with Gasteiger partial charge in [-0.15, -0.1) is 0 Å². The molecule has 0 radical (unpaired) electrons. The lowest BCUT2D eigenvalue weighted by molar-refractivity contribution is -0.137. The van der Waals surface area contributed by atoms with Gasteiger partial charge in [-0.05, 0) is 47.5 Å². The molecule has 2 atom stereocenters. The van der Waals surface area contributed by atoms with Crippen LogP contribution in [-0.4, -0.2) is 44.4 Å². The van der Waals surface area contributed by atoms with Crippen molar-refractivity contribution < 1.29 is 21.6 Å². The molecule has 0 aromatic heterocycles. The number of sulfonamides is 1. The maximum absolute atomic E-state index is 14.1. The number of hydrogen-bond donors (Lipinski definition) is 1. The summed E-state index contributed by atoms with van der Waals surface area (Å²) in [5.74, 6) is -0.0235. The molecule has 1 aliphatic heterocycles. The predicted molar refractivity (Wildman–Crippen MR) is 133 cm³/mol. The molecule has 3 aromatic carbocycles. The van der Waals surface area contributed by atoms with Crippen molar-refractivity contribution in [3.63, 3.8) is 0 Å². The van der Waals surface area contributed by atoms with Gasteiger partial charge in [-0.2, -0.15) is 13.2 Å². The quantitative estimate of drug-likeness (QED) is 0.362. The fourth-order valence-electron chi connectivity index (χ4n) is 4.42. The number of alkyl halides is 3. The van der Waals surface area contributed by atoms with E-state index < -0.39 is 27.8 Å². The predicted octanol–water partition coefficient (Wildman–Crippen LogP) is 5.31. The van der Waals surface area contributed by atoms with Crippen LogP contribution < -0.4 is 5.32 Å². The van der Waals surface area contributed by atoms with Crippen molar-refractivity contribution in [2.45, 2.75) is 23.0 Å². The normalized spacial score (nSPS) is 19.5. The highest BCUT2D eigenvalue weighted by Crippen LogP contribution is 2.46. The summed E-state index contributed by atoms with van der Waals surface area (Å²) in [7, 11) is -1.17. The lowest BCUT2D eigenvalue weighted by Gasteiger charge is -2.33. The molecular weight excluding hydrogens is 513 g/mol. The van der Waals surface area contributed by atoms with Crippen LogP contribution in [0.2, 0.25) is 5.02 Å². The summed E-state index contributed by atoms with van der Waals surface area (Å²) in [6, 6.07) is 19.1. The van der Waals surface area contributed by atoms with Crippen molar-refractivity contribution >= 4 is 27.6 Å². The highest BCUT2D eigenvalue weighted by atomic mass is 35.5. The molecule has 11 heteroatoms. The van der Waals surface area contributed by atoms with Gasteiger partial charge in [-0.3, -0.25) is 10.0 Å². The largest absolute Gasteiger partial charge is 0.416 e. The minimum absolute atomic E-state index is 0.255. The second-order valence-electron chi connectivity index (χ2n) is 8.19. The molecule has 1 aliphatic rings. The highest BCUT2D eigenvalue weighted by Gasteiger charge is 2.49. The molecule has 36 heavy (non-hydrogen) atoms. The van der Waals surface area contributed by atoms with E-state index in [2.05, 4.69) is 10.3 Å². The third-order valence-electron chi connectivity index (χ3n) is 6.07. The summed E-state index contributed by atoms with van der Waals surface area (Å²) < 4.78 is 68.7. The summed E-state index contributed by atoms with van der Waals surface area (Å²) in [6.07, 6.45) is -4.58. The van der Waals surface area contributed by atoms with E-state index in [9.17, 15) is 21.6 Å². The molecule has 4 rings (SSSR count). The molecule has 6 nitrogen and oxygen atoms in total. The van der Waals surface area contributed by atoms with E-state index in [-0.39, 0.29) is 17.4 Å². The number of halogens is 4. The lowest BCUT2D eigenvalue weighted by atomic mass is 9.89. The first-order valence-corrected chi connectivity index (χ1v) is 12.8. The Kier molecular flexibility index (Phi) is 7.31. The fourth-order valence-corrected chi connectivity index (χ4v) is 6.21. The first kappa shape index (κ1) is 26.0. The topological polar surface area (TPSA) is 65.0 Å². The second kappa shape index (κ2) is 10.1. The maximum atomic E-state index is 14.1. The van der Waals surface area contributed by atoms with E-state index in [0.717, 1.165) is 29.8 Å². The first-order chi connectivity index (χ1) is 17.1. The zero-order chi connectivity index (χ0) is 26.1. The van der Waals surface area contributed by atoms with E-state index in [1.807, 2.05) is 30.3 Å². The number of hydrogen-bond acceptors (Lipinski definition) is 3. The van der Waals surface area contributed by atoms with Crippen molar-refractivity contribution in [3.05, 3.63) is 101 Å². The van der Waals surface area contributed by atoms with E-state index in [4.69, 9.17) is 11.6 Å². The van der Waals surface area contributed by atoms with Crippen molar-refractivity contribution in [1.82, 2.24) is 14.7 Å². The molecule has 2 unspecified atom stereocenters. The molecule has 1 N–H and O–H groups in total. The summed E-state index contributed by atoms with van der Waals surface area (Å²) in [5, 5.41) is 4.94. The summed E-state index contributed by atoms with van der Waals surface area (Å²) >= 11 is 6.11. The molecule has 3 aromatic rings. The van der Waals surface area contributed by atoms with Crippen LogP contribution in [0.15, 0.2) is 88.8 Å². The van der Waals surface area contributed by atoms with E-state index in [1.54, 1.807) is 31.3 Å². The van der Waals surface area contributed by atoms with E-state index in [1.165, 1.54) is 16.5 Å². The Labute approximate surface area is 213 Å². The van der Waals surface area contributed by atoms with Gasteiger partial charge in [0.15, 0.2) is 0 Å². The zero-order valence-electron chi connectivity index (χ0n) is 19.4. The van der Waals surface area contributed by atoms with E-state index >= 15 is 0 Å². The van der Waals surface area contributed by atoms with Crippen LogP contribution in [0, 0.1) is 0 Å². The number of hydrazine groups is 1. The van der Waals surface area contributed by atoms with Gasteiger partial charge in [0.05, 0.1) is 16.5 Å². The van der Waals surface area contributed by atoms with Gasteiger partial charge in [0.1, 0.15) is 0 Å². The van der Waals surface area contributed by atoms with E-state index in [0.29, 0.717) is 16.5 Å². The Morgan fingerprint density at radius 3 is 2.11 bits per heavy atom. The molecule has 0 aliphatic carbocycles. The standard InChI is InChI=1S/C25H24ClF3N4O2S/c1-30-24(31-2)32-16-22(17-6-4-3-5-7-17)23(18-8-12-20(26)13-9-18)33(32)36(34,35)21-14-10-19(11-15-21)25(27,28)29/h3-15,22-23H,16H2,1-2H3,(H,30,31). The first-order valence-electron chi connectivity index (χ1n) is 11.0. The van der Waals surface area contributed by atoms with Crippen LogP contribution in [0.3, 0.4) is 0 Å². The molecule has 1 saturated heterocycles. The Balaban J connectivity index is 1.91. The Morgan fingerprint density at radius 1 is 0.972 bits per heavy atom. The van der Waals surface area contributed by atoms with Gasteiger partial charge in [-0.25, -0.2) is 8.42 Å². The minimum Gasteiger partial charge on any atom is -0.358 e. The van der Waals surface area contributed by atoms with Crippen LogP contribution >= 0.6 is 11.6 Å². The maximum Gasteiger partial charge on any atom is 0.416 e. The van der Waals surface area contributed by atoms with Crippen LogP contribution in [0.5, 0.6) is 0 Å². The molecular formula is C25H24ClF3N4O2S. The third kappa shape index (κ3) is 4.93. The van der Waals surface area contributed by atoms with Crippen molar-refractivity contribution in [2.24, 2.45) is 4.99 Å². The summed E-state index contributed by atoms with van der Waals surface area (Å²) in [4.78, 5) is 3.95. The summed E-state index contributed by atoms with van der Waals surface area (Å²) in [5.41, 5.74) is 0.652. The van der Waals surface area contributed by atoms with Crippen LogP contribution in [-0.2, 0) is 16.2 Å². The van der Waals surface area contributed by atoms with Crippen molar-refractivity contribution in [3.8, 4) is 0 Å². The van der Waals surface area contributed by atoms with Gasteiger partial charge in [0.25, 0.3) is 10.0 Å². The fraction of sp³-hybridized carbons (Fsp3) is 0.240. The van der Waals surface area contributed by atoms with Crippen molar-refractivity contribution in [1.29, 1.82) is 0 Å². The second-order valence-corrected chi connectivity index (χ2v) is 10.4. The van der Waals surface area contributed by atoms with Crippen molar-refractivity contribution in [2.75, 3.05) is 20.6 Å². The van der Waals surface area contributed by atoms with Gasteiger partial charge in [0, 0.05) is 31.6 Å². The zero-order valence-corrected chi connectivity index (χ0v) is 21.0. The number of aliphatic imine (C=N–C) groups is 1. The lowest BCUT2D eigenvalue weighted by Crippen LogP contribution is -2.49. The average Bonchev–Trinajstić information content (AvgIpc) is 3.27. The van der Waals surface area contributed by atoms with Gasteiger partial charge in [0.2, 0.25) is 5.96 Å². The molecule has 1 heterocycles. The van der Waals surface area contributed by atoms with Gasteiger partial charge >= 0.3 is 6.18 Å². The SMILES string of the molecule is CN=C(NC)N1CC(c2ccccc2)C(c2ccc(Cl)cc2)N1S(=O)(=O)c1ccc(C(F)(F)F)cc1. The smallest absolute Gasteiger partial charge is 0.358 e. The van der Waals surface area contributed by atoms with Crippen LogP contribution in [0.1, 0.15) is 28.7 Å². The number of guanidine groups is 1. The molecule has 0 bridgehead atoms. The minimum atomic E-state index is -4.58. The average molecular weight is 537 g/mol. The number of nitrogens with one attached hydrogen (secondary N) is 1. The Bertz CT molecular complexity index is 1330. The number of benzene rings is 3. The van der Waals surface area contributed by atoms with Crippen LogP contribution in [0.25, 0.3) is 0 Å². The highest BCUT2D eigenvalue weighted by molar-refractivity contribution is 7.89. The summed E-state index contributed by atoms with van der Waals surface area (Å²) in [6.45, 7) is 0.255. The van der Waals surface area contributed by atoms with Crippen LogP contribution in [0.4, 0.5) is 13.2 Å². The Morgan fingerprint density at radius 2 is 1.58 bits per heavy atom. The molecule has 0 saturated carbocycles. The number of rotatable bonds is 4. The molecule has 190 valence electrons. The number of nitrogens with zero attached hydrogens (tertiary/aromatic N) is 3. The van der Waals surface area contributed by atoms with Gasteiger partial charge < -0.3 is 5.32 Å². The third-order valence-corrected chi connectivity index (χ3v) is 8.11. The monoisotopic (exact) mass is 536 g/mol. The van der Waals surface area contributed by atoms with Gasteiger partial charge in [-0.1, -0.05) is 58.5 Å².